The molecular formula is C18H20N6OS. The molecular weight excluding hydrogens is 348 g/mol. The van der Waals surface area contributed by atoms with E-state index in [1.165, 1.54) is 11.3 Å². The highest BCUT2D eigenvalue weighted by Crippen LogP contribution is 2.20. The molecule has 4 rings (SSSR count). The number of amides is 1. The Hall–Kier alpha value is -2.74. The van der Waals surface area contributed by atoms with Gasteiger partial charge >= 0.3 is 0 Å². The summed E-state index contributed by atoms with van der Waals surface area (Å²) in [4.78, 5) is 26.6. The number of nitrogens with zero attached hydrogens (tertiary/aromatic N) is 6. The van der Waals surface area contributed by atoms with E-state index in [1.54, 1.807) is 10.9 Å². The van der Waals surface area contributed by atoms with Gasteiger partial charge in [-0.1, -0.05) is 0 Å². The molecule has 3 aromatic rings. The summed E-state index contributed by atoms with van der Waals surface area (Å²) in [6, 6.07) is 5.78. The number of hydrogen-bond donors (Lipinski definition) is 0. The molecule has 0 spiro atoms. The highest BCUT2D eigenvalue weighted by atomic mass is 32.1. The molecule has 0 aromatic carbocycles. The Morgan fingerprint density at radius 1 is 1.08 bits per heavy atom. The monoisotopic (exact) mass is 368 g/mol. The Kier molecular flexibility index (Phi) is 4.42. The number of aryl methyl sites for hydroxylation is 2. The first-order chi connectivity index (χ1) is 12.6. The molecule has 7 nitrogen and oxygen atoms in total. The topological polar surface area (TPSA) is 67.2 Å². The molecule has 8 heteroatoms. The second-order valence-corrected chi connectivity index (χ2v) is 7.26. The zero-order valence-corrected chi connectivity index (χ0v) is 15.6. The van der Waals surface area contributed by atoms with Crippen LogP contribution < -0.4 is 4.90 Å². The van der Waals surface area contributed by atoms with Gasteiger partial charge in [0.05, 0.1) is 4.88 Å². The minimum Gasteiger partial charge on any atom is -0.353 e. The summed E-state index contributed by atoms with van der Waals surface area (Å²) >= 11 is 1.52. The quantitative estimate of drug-likeness (QED) is 0.710. The zero-order chi connectivity index (χ0) is 18.1. The maximum Gasteiger partial charge on any atom is 0.264 e. The fourth-order valence-electron chi connectivity index (χ4n) is 3.06. The van der Waals surface area contributed by atoms with Crippen molar-refractivity contribution < 1.29 is 4.79 Å². The van der Waals surface area contributed by atoms with Crippen LogP contribution in [0.25, 0.3) is 5.82 Å². The van der Waals surface area contributed by atoms with Crippen LogP contribution in [0.2, 0.25) is 0 Å². The van der Waals surface area contributed by atoms with Gasteiger partial charge in [0.25, 0.3) is 5.91 Å². The van der Waals surface area contributed by atoms with Gasteiger partial charge in [-0.25, -0.2) is 14.6 Å². The lowest BCUT2D eigenvalue weighted by Crippen LogP contribution is -2.49. The molecule has 1 fully saturated rings. The van der Waals surface area contributed by atoms with Crippen LogP contribution in [0.15, 0.2) is 36.0 Å². The summed E-state index contributed by atoms with van der Waals surface area (Å²) < 4.78 is 1.73. The van der Waals surface area contributed by atoms with Gasteiger partial charge < -0.3 is 9.80 Å². The fourth-order valence-corrected chi connectivity index (χ4v) is 3.92. The lowest BCUT2D eigenvalue weighted by Gasteiger charge is -2.35. The molecule has 3 aromatic heterocycles. The molecule has 0 aliphatic carbocycles. The summed E-state index contributed by atoms with van der Waals surface area (Å²) in [5.41, 5.74) is 1.14. The lowest BCUT2D eigenvalue weighted by atomic mass is 10.2. The van der Waals surface area contributed by atoms with Crippen LogP contribution in [0.5, 0.6) is 0 Å². The molecule has 0 saturated carbocycles. The van der Waals surface area contributed by atoms with Gasteiger partial charge in [-0.05, 0) is 36.9 Å². The van der Waals surface area contributed by atoms with Crippen LogP contribution in [0.3, 0.4) is 0 Å². The van der Waals surface area contributed by atoms with Crippen molar-refractivity contribution in [2.75, 3.05) is 31.1 Å². The Bertz CT molecular complexity index is 912. The molecule has 4 heterocycles. The van der Waals surface area contributed by atoms with E-state index in [-0.39, 0.29) is 5.91 Å². The van der Waals surface area contributed by atoms with E-state index >= 15 is 0 Å². The summed E-state index contributed by atoms with van der Waals surface area (Å²) in [7, 11) is 0. The molecule has 0 unspecified atom stereocenters. The van der Waals surface area contributed by atoms with E-state index in [0.717, 1.165) is 35.2 Å². The fraction of sp³-hybridized carbons (Fsp3) is 0.333. The maximum absolute atomic E-state index is 12.6. The molecule has 134 valence electrons. The Balaban J connectivity index is 1.47. The van der Waals surface area contributed by atoms with E-state index in [0.29, 0.717) is 18.9 Å². The Morgan fingerprint density at radius 2 is 1.85 bits per heavy atom. The van der Waals surface area contributed by atoms with Crippen LogP contribution >= 0.6 is 11.3 Å². The van der Waals surface area contributed by atoms with Crippen molar-refractivity contribution in [3.8, 4) is 5.82 Å². The number of thiophene rings is 1. The van der Waals surface area contributed by atoms with Crippen molar-refractivity contribution in [2.45, 2.75) is 13.8 Å². The van der Waals surface area contributed by atoms with Crippen molar-refractivity contribution in [1.29, 1.82) is 0 Å². The first-order valence-corrected chi connectivity index (χ1v) is 9.43. The average molecular weight is 368 g/mol. The molecule has 0 bridgehead atoms. The van der Waals surface area contributed by atoms with Gasteiger partial charge in [0.15, 0.2) is 5.82 Å². The predicted molar refractivity (Wildman–Crippen MR) is 101 cm³/mol. The van der Waals surface area contributed by atoms with Crippen LogP contribution in [-0.4, -0.2) is 56.7 Å². The largest absolute Gasteiger partial charge is 0.353 e. The normalized spacial score (nSPS) is 14.7. The highest BCUT2D eigenvalue weighted by molar-refractivity contribution is 7.12. The maximum atomic E-state index is 12.6. The van der Waals surface area contributed by atoms with Crippen LogP contribution in [-0.2, 0) is 0 Å². The number of carbonyl (C=O) groups is 1. The summed E-state index contributed by atoms with van der Waals surface area (Å²) in [6.07, 6.45) is 3.60. The van der Waals surface area contributed by atoms with Gasteiger partial charge in [0, 0.05) is 44.6 Å². The van der Waals surface area contributed by atoms with E-state index in [9.17, 15) is 4.79 Å². The number of rotatable bonds is 3. The number of aromatic nitrogens is 4. The van der Waals surface area contributed by atoms with E-state index < -0.39 is 0 Å². The molecule has 0 N–H and O–H groups in total. The number of piperazine rings is 1. The zero-order valence-electron chi connectivity index (χ0n) is 14.8. The van der Waals surface area contributed by atoms with Crippen LogP contribution in [0.4, 0.5) is 5.82 Å². The number of carbonyl (C=O) groups excluding carboxylic acids is 1. The van der Waals surface area contributed by atoms with Crippen molar-refractivity contribution in [3.63, 3.8) is 0 Å². The summed E-state index contributed by atoms with van der Waals surface area (Å²) in [5, 5.41) is 6.26. The van der Waals surface area contributed by atoms with Gasteiger partial charge in [0.2, 0.25) is 0 Å². The Labute approximate surface area is 155 Å². The first kappa shape index (κ1) is 16.7. The minimum absolute atomic E-state index is 0.124. The Morgan fingerprint density at radius 3 is 2.50 bits per heavy atom. The summed E-state index contributed by atoms with van der Waals surface area (Å²) in [5.74, 6) is 2.46. The molecule has 1 saturated heterocycles. The second-order valence-electron chi connectivity index (χ2n) is 6.35. The average Bonchev–Trinajstić information content (AvgIpc) is 3.32. The molecule has 1 amide bonds. The van der Waals surface area contributed by atoms with E-state index in [2.05, 4.69) is 20.0 Å². The first-order valence-electron chi connectivity index (χ1n) is 8.55. The van der Waals surface area contributed by atoms with Crippen molar-refractivity contribution in [1.82, 2.24) is 24.6 Å². The van der Waals surface area contributed by atoms with Crippen LogP contribution in [0, 0.1) is 13.8 Å². The SMILES string of the molecule is Cc1csc(C(=O)N2CCN(c3cc(-n4cccn4)nc(C)n3)CC2)c1. The van der Waals surface area contributed by atoms with E-state index in [4.69, 9.17) is 0 Å². The van der Waals surface area contributed by atoms with Gasteiger partial charge in [-0.3, -0.25) is 4.79 Å². The molecule has 1 aliphatic heterocycles. The molecule has 0 radical (unpaired) electrons. The van der Waals surface area contributed by atoms with Crippen LogP contribution in [0.1, 0.15) is 21.1 Å². The second kappa shape index (κ2) is 6.87. The third-order valence-electron chi connectivity index (χ3n) is 4.38. The number of hydrogen-bond acceptors (Lipinski definition) is 6. The van der Waals surface area contributed by atoms with Crippen molar-refractivity contribution >= 4 is 23.1 Å². The highest BCUT2D eigenvalue weighted by Gasteiger charge is 2.24. The molecule has 0 atom stereocenters. The predicted octanol–water partition coefficient (Wildman–Crippen LogP) is 2.30. The number of anilines is 1. The van der Waals surface area contributed by atoms with E-state index in [1.807, 2.05) is 48.5 Å². The minimum atomic E-state index is 0.124. The smallest absolute Gasteiger partial charge is 0.264 e. The summed E-state index contributed by atoms with van der Waals surface area (Å²) in [6.45, 7) is 6.79. The third kappa shape index (κ3) is 3.32. The molecule has 1 aliphatic rings. The van der Waals surface area contributed by atoms with Gasteiger partial charge in [0.1, 0.15) is 11.6 Å². The van der Waals surface area contributed by atoms with Crippen molar-refractivity contribution in [2.24, 2.45) is 0 Å². The van der Waals surface area contributed by atoms with Crippen molar-refractivity contribution in [3.05, 3.63) is 52.2 Å². The lowest BCUT2D eigenvalue weighted by molar-refractivity contribution is 0.0751. The van der Waals surface area contributed by atoms with Gasteiger partial charge in [-0.2, -0.15) is 5.10 Å². The standard InChI is InChI=1S/C18H20N6OS/c1-13-10-15(26-12-13)18(25)23-8-6-22(7-9-23)16-11-17(21-14(2)20-16)24-5-3-4-19-24/h3-5,10-12H,6-9H2,1-2H3. The molecule has 26 heavy (non-hydrogen) atoms. The van der Waals surface area contributed by atoms with Gasteiger partial charge in [-0.15, -0.1) is 11.3 Å². The third-order valence-corrected chi connectivity index (χ3v) is 5.42.